The van der Waals surface area contributed by atoms with E-state index in [1.807, 2.05) is 17.0 Å². The molecule has 0 spiro atoms. The van der Waals surface area contributed by atoms with Crippen molar-refractivity contribution in [1.82, 2.24) is 4.90 Å². The van der Waals surface area contributed by atoms with Gasteiger partial charge in [0, 0.05) is 18.5 Å². The second-order valence-electron chi connectivity index (χ2n) is 8.01. The molecule has 2 bridgehead atoms. The second kappa shape index (κ2) is 8.87. The fraction of sp³-hybridized carbons (Fsp3) is 0.650. The quantitative estimate of drug-likeness (QED) is 0.748. The van der Waals surface area contributed by atoms with Crippen LogP contribution in [0.5, 0.6) is 0 Å². The van der Waals surface area contributed by atoms with Gasteiger partial charge in [0.05, 0.1) is 23.2 Å². The van der Waals surface area contributed by atoms with Crippen molar-refractivity contribution < 1.29 is 9.53 Å². The lowest BCUT2D eigenvalue weighted by Crippen LogP contribution is -2.51. The minimum Gasteiger partial charge on any atom is -0.370 e. The summed E-state index contributed by atoms with van der Waals surface area (Å²) in [5.41, 5.74) is 7.35. The maximum absolute atomic E-state index is 13.2. The van der Waals surface area contributed by atoms with Crippen LogP contribution in [0.25, 0.3) is 0 Å². The molecule has 1 heterocycles. The molecule has 4 nitrogen and oxygen atoms in total. The number of hydrogen-bond acceptors (Lipinski definition) is 3. The number of ether oxygens (including phenoxy) is 1. The Balaban J connectivity index is 0.00000210. The molecule has 4 rings (SSSR count). The number of hydrogen-bond donors (Lipinski definition) is 1. The highest BCUT2D eigenvalue weighted by Crippen LogP contribution is 2.42. The fourth-order valence-electron chi connectivity index (χ4n) is 5.01. The maximum Gasteiger partial charge on any atom is 0.225 e. The molecule has 7 heteroatoms. The van der Waals surface area contributed by atoms with Gasteiger partial charge < -0.3 is 15.4 Å². The molecule has 2 N–H and O–H groups in total. The highest BCUT2D eigenvalue weighted by atomic mass is 35.5. The molecule has 3 atom stereocenters. The summed E-state index contributed by atoms with van der Waals surface area (Å²) in [6.45, 7) is 1.79. The van der Waals surface area contributed by atoms with Crippen LogP contribution in [0.1, 0.15) is 43.8 Å². The van der Waals surface area contributed by atoms with E-state index in [4.69, 9.17) is 33.7 Å². The third kappa shape index (κ3) is 4.40. The first-order chi connectivity index (χ1) is 12.5. The van der Waals surface area contributed by atoms with Crippen LogP contribution in [0.15, 0.2) is 18.2 Å². The van der Waals surface area contributed by atoms with E-state index < -0.39 is 0 Å². The number of fused-ring (bicyclic) bond motifs is 2. The van der Waals surface area contributed by atoms with Crippen LogP contribution < -0.4 is 5.73 Å². The molecule has 0 aromatic heterocycles. The van der Waals surface area contributed by atoms with Crippen molar-refractivity contribution in [3.05, 3.63) is 33.8 Å². The molecule has 3 unspecified atom stereocenters. The van der Waals surface area contributed by atoms with Gasteiger partial charge in [0.25, 0.3) is 0 Å². The number of rotatable bonds is 2. The number of benzene rings is 1. The highest BCUT2D eigenvalue weighted by Gasteiger charge is 2.42. The third-order valence-corrected chi connectivity index (χ3v) is 7.19. The largest absolute Gasteiger partial charge is 0.370 e. The zero-order valence-corrected chi connectivity index (χ0v) is 17.6. The number of nitrogens with two attached hydrogens (primary N) is 1. The number of nitrogens with zero attached hydrogens (tertiary/aromatic N) is 1. The van der Waals surface area contributed by atoms with E-state index in [1.54, 1.807) is 6.07 Å². The van der Waals surface area contributed by atoms with Crippen LogP contribution in [-0.4, -0.2) is 36.5 Å². The third-order valence-electron chi connectivity index (χ3n) is 6.46. The lowest BCUT2D eigenvalue weighted by molar-refractivity contribution is -0.146. The van der Waals surface area contributed by atoms with E-state index in [-0.39, 0.29) is 30.3 Å². The van der Waals surface area contributed by atoms with Crippen LogP contribution in [0.2, 0.25) is 10.0 Å². The highest BCUT2D eigenvalue weighted by molar-refractivity contribution is 6.42. The number of carbonyl (C=O) groups excluding carboxylic acids is 1. The van der Waals surface area contributed by atoms with Crippen LogP contribution in [0.4, 0.5) is 0 Å². The Morgan fingerprint density at radius 3 is 2.52 bits per heavy atom. The molecule has 1 amide bonds. The van der Waals surface area contributed by atoms with Gasteiger partial charge in [-0.05, 0) is 55.2 Å². The van der Waals surface area contributed by atoms with E-state index in [9.17, 15) is 4.79 Å². The summed E-state index contributed by atoms with van der Waals surface area (Å²) < 4.78 is 5.90. The van der Waals surface area contributed by atoms with Crippen LogP contribution >= 0.6 is 35.6 Å². The van der Waals surface area contributed by atoms with Gasteiger partial charge in [-0.15, -0.1) is 12.4 Å². The van der Waals surface area contributed by atoms with Crippen molar-refractivity contribution >= 4 is 41.5 Å². The molecule has 2 aliphatic carbocycles. The van der Waals surface area contributed by atoms with Crippen molar-refractivity contribution in [3.63, 3.8) is 0 Å². The molecule has 1 saturated heterocycles. The number of carbonyl (C=O) groups is 1. The number of halogens is 3. The molecular formula is C20H27Cl3N2O2. The van der Waals surface area contributed by atoms with Gasteiger partial charge in [0.15, 0.2) is 0 Å². The SMILES string of the molecule is Cl.NC1C2CCCC1CC(C(=O)N1CCOC(c3ccc(Cl)c(Cl)c3)C1)C2. The Morgan fingerprint density at radius 2 is 1.85 bits per heavy atom. The van der Waals surface area contributed by atoms with Crippen LogP contribution in [-0.2, 0) is 9.53 Å². The van der Waals surface area contributed by atoms with Crippen molar-refractivity contribution in [1.29, 1.82) is 0 Å². The lowest BCUT2D eigenvalue weighted by atomic mass is 9.65. The molecule has 1 aromatic carbocycles. The smallest absolute Gasteiger partial charge is 0.225 e. The molecule has 1 aliphatic heterocycles. The summed E-state index contributed by atoms with van der Waals surface area (Å²) in [4.78, 5) is 15.2. The Bertz CT molecular complexity index is 673. The van der Waals surface area contributed by atoms with E-state index in [0.29, 0.717) is 47.6 Å². The summed E-state index contributed by atoms with van der Waals surface area (Å²) >= 11 is 12.2. The molecule has 27 heavy (non-hydrogen) atoms. The molecule has 3 fully saturated rings. The van der Waals surface area contributed by atoms with Crippen molar-refractivity contribution in [2.24, 2.45) is 23.5 Å². The summed E-state index contributed by atoms with van der Waals surface area (Å²) in [5, 5.41) is 1.05. The Labute approximate surface area is 177 Å². The first kappa shape index (κ1) is 21.2. The Morgan fingerprint density at radius 1 is 1.15 bits per heavy atom. The average molecular weight is 434 g/mol. The van der Waals surface area contributed by atoms with Gasteiger partial charge >= 0.3 is 0 Å². The van der Waals surface area contributed by atoms with Gasteiger partial charge in [-0.25, -0.2) is 0 Å². The lowest BCUT2D eigenvalue weighted by Gasteiger charge is -2.45. The van der Waals surface area contributed by atoms with Crippen LogP contribution in [0, 0.1) is 17.8 Å². The molecule has 1 aromatic rings. The fourth-order valence-corrected chi connectivity index (χ4v) is 5.32. The topological polar surface area (TPSA) is 55.6 Å². The predicted molar refractivity (Wildman–Crippen MR) is 111 cm³/mol. The first-order valence-corrected chi connectivity index (χ1v) is 10.4. The standard InChI is InChI=1S/C20H26Cl2N2O2.ClH/c21-16-5-4-12(10-17(16)22)18-11-24(6-7-26-18)20(25)15-8-13-2-1-3-14(9-15)19(13)23;/h4-5,10,13-15,18-19H,1-3,6-9,11,23H2;1H. The van der Waals surface area contributed by atoms with Gasteiger partial charge in [0.2, 0.25) is 5.91 Å². The van der Waals surface area contributed by atoms with Gasteiger partial charge in [-0.1, -0.05) is 35.7 Å². The average Bonchev–Trinajstić information content (AvgIpc) is 2.63. The molecular weight excluding hydrogens is 407 g/mol. The number of morpholine rings is 1. The summed E-state index contributed by atoms with van der Waals surface area (Å²) in [5.74, 6) is 1.44. The molecule has 150 valence electrons. The molecule has 0 radical (unpaired) electrons. The summed E-state index contributed by atoms with van der Waals surface area (Å²) in [6, 6.07) is 5.85. The molecule has 3 aliphatic rings. The van der Waals surface area contributed by atoms with Crippen molar-refractivity contribution in [2.75, 3.05) is 19.7 Å². The van der Waals surface area contributed by atoms with E-state index in [2.05, 4.69) is 0 Å². The maximum atomic E-state index is 13.2. The summed E-state index contributed by atoms with van der Waals surface area (Å²) in [6.07, 6.45) is 5.37. The van der Waals surface area contributed by atoms with Gasteiger partial charge in [-0.3, -0.25) is 4.79 Å². The van der Waals surface area contributed by atoms with Crippen molar-refractivity contribution in [2.45, 2.75) is 44.2 Å². The van der Waals surface area contributed by atoms with E-state index in [1.165, 1.54) is 19.3 Å². The predicted octanol–water partition coefficient (Wildman–Crippen LogP) is 4.47. The van der Waals surface area contributed by atoms with E-state index >= 15 is 0 Å². The molecule has 2 saturated carbocycles. The van der Waals surface area contributed by atoms with Crippen molar-refractivity contribution in [3.8, 4) is 0 Å². The van der Waals surface area contributed by atoms with E-state index in [0.717, 1.165) is 18.4 Å². The van der Waals surface area contributed by atoms with Gasteiger partial charge in [-0.2, -0.15) is 0 Å². The first-order valence-electron chi connectivity index (χ1n) is 9.64. The normalized spacial score (nSPS) is 33.3. The van der Waals surface area contributed by atoms with Crippen LogP contribution in [0.3, 0.4) is 0 Å². The van der Waals surface area contributed by atoms with Gasteiger partial charge in [0.1, 0.15) is 6.10 Å². The Kier molecular flexibility index (Phi) is 6.97. The minimum atomic E-state index is -0.146. The monoisotopic (exact) mass is 432 g/mol. The zero-order valence-electron chi connectivity index (χ0n) is 15.3. The minimum absolute atomic E-state index is 0. The summed E-state index contributed by atoms with van der Waals surface area (Å²) in [7, 11) is 0. The Hall–Kier alpha value is -0.520. The zero-order chi connectivity index (χ0) is 18.3. The number of amides is 1. The second-order valence-corrected chi connectivity index (χ2v) is 8.83.